The van der Waals surface area contributed by atoms with E-state index in [1.807, 2.05) is 20.9 Å². The summed E-state index contributed by atoms with van der Waals surface area (Å²) in [6.45, 7) is 5.97. The Balaban J connectivity index is 2.33. The number of hydrogen-bond acceptors (Lipinski definition) is 5. The molecule has 1 saturated heterocycles. The average Bonchev–Trinajstić information content (AvgIpc) is 2.81. The molecule has 20 heavy (non-hydrogen) atoms. The van der Waals surface area contributed by atoms with Crippen LogP contribution in [0.2, 0.25) is 0 Å². The van der Waals surface area contributed by atoms with E-state index in [-0.39, 0.29) is 6.04 Å². The van der Waals surface area contributed by atoms with Crippen LogP contribution in [0.4, 0.5) is 0 Å². The van der Waals surface area contributed by atoms with E-state index in [0.29, 0.717) is 31.2 Å². The molecule has 0 aliphatic carbocycles. The normalized spacial score (nSPS) is 21.2. The summed E-state index contributed by atoms with van der Waals surface area (Å²) in [7, 11) is -1.56. The van der Waals surface area contributed by atoms with E-state index >= 15 is 0 Å². The van der Waals surface area contributed by atoms with Gasteiger partial charge < -0.3 is 10.1 Å². The van der Waals surface area contributed by atoms with Gasteiger partial charge in [-0.15, -0.1) is 11.3 Å². The summed E-state index contributed by atoms with van der Waals surface area (Å²) in [6.07, 6.45) is 0.770. The first-order valence-corrected chi connectivity index (χ1v) is 9.09. The Morgan fingerprint density at radius 3 is 2.95 bits per heavy atom. The minimum absolute atomic E-state index is 0.0548. The van der Waals surface area contributed by atoms with Crippen LogP contribution in [0, 0.1) is 6.92 Å². The molecule has 1 aliphatic rings. The lowest BCUT2D eigenvalue weighted by Gasteiger charge is -2.33. The molecule has 1 fully saturated rings. The van der Waals surface area contributed by atoms with Gasteiger partial charge in [-0.05, 0) is 26.5 Å². The van der Waals surface area contributed by atoms with Crippen molar-refractivity contribution in [2.75, 3.05) is 26.8 Å². The second-order valence-corrected chi connectivity index (χ2v) is 8.12. The van der Waals surface area contributed by atoms with Crippen molar-refractivity contribution in [2.24, 2.45) is 0 Å². The predicted octanol–water partition coefficient (Wildman–Crippen LogP) is 1.58. The molecule has 0 amide bonds. The third-order valence-electron chi connectivity index (χ3n) is 3.51. The Kier molecular flexibility index (Phi) is 5.19. The molecular formula is C13H22N2O3S2. The van der Waals surface area contributed by atoms with Gasteiger partial charge in [0.15, 0.2) is 0 Å². The number of hydrogen-bond donors (Lipinski definition) is 1. The number of ether oxygens (including phenoxy) is 1. The summed E-state index contributed by atoms with van der Waals surface area (Å²) in [5.74, 6) is 0. The summed E-state index contributed by atoms with van der Waals surface area (Å²) < 4.78 is 32.7. The first-order chi connectivity index (χ1) is 9.50. The number of nitrogens with zero attached hydrogens (tertiary/aromatic N) is 1. The molecular weight excluding hydrogens is 296 g/mol. The second kappa shape index (κ2) is 6.53. The molecule has 0 aromatic carbocycles. The smallest absolute Gasteiger partial charge is 0.244 e. The Bertz CT molecular complexity index is 554. The fourth-order valence-corrected chi connectivity index (χ4v) is 5.73. The Hall–Kier alpha value is -0.470. The number of rotatable bonds is 5. The molecule has 0 saturated carbocycles. The summed E-state index contributed by atoms with van der Waals surface area (Å²) >= 11 is 1.54. The fraction of sp³-hybridized carbons (Fsp3) is 0.692. The lowest BCUT2D eigenvalue weighted by Crippen LogP contribution is -2.48. The van der Waals surface area contributed by atoms with E-state index in [9.17, 15) is 8.42 Å². The van der Waals surface area contributed by atoms with Gasteiger partial charge in [-0.1, -0.05) is 6.92 Å². The highest BCUT2D eigenvalue weighted by molar-refractivity contribution is 7.89. The predicted molar refractivity (Wildman–Crippen MR) is 80.6 cm³/mol. The van der Waals surface area contributed by atoms with Crippen molar-refractivity contribution in [2.45, 2.75) is 37.8 Å². The number of aryl methyl sites for hydroxylation is 1. The van der Waals surface area contributed by atoms with Gasteiger partial charge in [-0.2, -0.15) is 4.31 Å². The molecule has 2 heterocycles. The summed E-state index contributed by atoms with van der Waals surface area (Å²) in [5.41, 5.74) is 0. The van der Waals surface area contributed by atoms with Crippen LogP contribution in [0.1, 0.15) is 23.1 Å². The maximum atomic E-state index is 12.9. The lowest BCUT2D eigenvalue weighted by molar-refractivity contribution is 0.0314. The molecule has 7 heteroatoms. The number of morpholine rings is 1. The average molecular weight is 318 g/mol. The summed E-state index contributed by atoms with van der Waals surface area (Å²) in [4.78, 5) is 2.36. The largest absolute Gasteiger partial charge is 0.378 e. The molecule has 5 nitrogen and oxygen atoms in total. The van der Waals surface area contributed by atoms with Gasteiger partial charge in [0.2, 0.25) is 10.0 Å². The van der Waals surface area contributed by atoms with Crippen molar-refractivity contribution < 1.29 is 13.2 Å². The van der Waals surface area contributed by atoms with Gasteiger partial charge in [-0.25, -0.2) is 8.42 Å². The van der Waals surface area contributed by atoms with E-state index in [1.54, 1.807) is 10.4 Å². The minimum atomic E-state index is -3.42. The SMILES string of the molecule is CCC1COCCN1S(=O)(=O)c1cc(CNC)sc1C. The van der Waals surface area contributed by atoms with Crippen LogP contribution in [-0.2, 0) is 21.3 Å². The van der Waals surface area contributed by atoms with E-state index in [2.05, 4.69) is 5.32 Å². The van der Waals surface area contributed by atoms with Gasteiger partial charge in [0, 0.05) is 28.9 Å². The van der Waals surface area contributed by atoms with E-state index in [4.69, 9.17) is 4.74 Å². The first-order valence-electron chi connectivity index (χ1n) is 6.84. The van der Waals surface area contributed by atoms with Gasteiger partial charge in [0.05, 0.1) is 18.1 Å². The topological polar surface area (TPSA) is 58.6 Å². The van der Waals surface area contributed by atoms with Crippen molar-refractivity contribution in [3.8, 4) is 0 Å². The zero-order valence-corrected chi connectivity index (χ0v) is 13.8. The van der Waals surface area contributed by atoms with Crippen molar-refractivity contribution in [1.29, 1.82) is 0 Å². The molecule has 0 radical (unpaired) electrons. The van der Waals surface area contributed by atoms with Gasteiger partial charge in [0.1, 0.15) is 0 Å². The highest BCUT2D eigenvalue weighted by Gasteiger charge is 2.34. The monoisotopic (exact) mass is 318 g/mol. The molecule has 1 unspecified atom stereocenters. The van der Waals surface area contributed by atoms with E-state index in [0.717, 1.165) is 16.2 Å². The van der Waals surface area contributed by atoms with E-state index in [1.165, 1.54) is 11.3 Å². The van der Waals surface area contributed by atoms with Gasteiger partial charge in [0.25, 0.3) is 0 Å². The number of nitrogens with one attached hydrogen (secondary N) is 1. The molecule has 0 spiro atoms. The molecule has 2 rings (SSSR count). The zero-order chi connectivity index (χ0) is 14.8. The Morgan fingerprint density at radius 1 is 1.55 bits per heavy atom. The molecule has 114 valence electrons. The highest BCUT2D eigenvalue weighted by atomic mass is 32.2. The van der Waals surface area contributed by atoms with E-state index < -0.39 is 10.0 Å². The first kappa shape index (κ1) is 15.9. The maximum absolute atomic E-state index is 12.9. The summed E-state index contributed by atoms with van der Waals surface area (Å²) in [5, 5.41) is 3.06. The Morgan fingerprint density at radius 2 is 2.30 bits per heavy atom. The van der Waals surface area contributed by atoms with Crippen molar-refractivity contribution in [1.82, 2.24) is 9.62 Å². The van der Waals surface area contributed by atoms with Crippen LogP contribution < -0.4 is 5.32 Å². The third kappa shape index (κ3) is 3.07. The number of sulfonamides is 1. The minimum Gasteiger partial charge on any atom is -0.378 e. The Labute approximate surface area is 125 Å². The zero-order valence-electron chi connectivity index (χ0n) is 12.2. The fourth-order valence-electron chi connectivity index (χ4n) is 2.45. The van der Waals surface area contributed by atoms with Crippen LogP contribution in [0.15, 0.2) is 11.0 Å². The van der Waals surface area contributed by atoms with Crippen molar-refractivity contribution in [3.63, 3.8) is 0 Å². The van der Waals surface area contributed by atoms with Gasteiger partial charge in [-0.3, -0.25) is 0 Å². The molecule has 1 aromatic rings. The molecule has 1 atom stereocenters. The molecule has 1 aliphatic heterocycles. The van der Waals surface area contributed by atoms with Crippen LogP contribution in [-0.4, -0.2) is 45.6 Å². The standard InChI is InChI=1S/C13H22N2O3S2/c1-4-11-9-18-6-5-15(11)20(16,17)13-7-12(8-14-3)19-10(13)2/h7,11,14H,4-6,8-9H2,1-3H3. The van der Waals surface area contributed by atoms with Crippen molar-refractivity contribution >= 4 is 21.4 Å². The molecule has 1 N–H and O–H groups in total. The quantitative estimate of drug-likeness (QED) is 0.895. The molecule has 0 bridgehead atoms. The number of thiophene rings is 1. The van der Waals surface area contributed by atoms with Crippen LogP contribution in [0.3, 0.4) is 0 Å². The van der Waals surface area contributed by atoms with Crippen LogP contribution in [0.5, 0.6) is 0 Å². The third-order valence-corrected chi connectivity index (χ3v) is 6.76. The lowest BCUT2D eigenvalue weighted by atomic mass is 10.2. The van der Waals surface area contributed by atoms with Crippen molar-refractivity contribution in [3.05, 3.63) is 15.8 Å². The van der Waals surface area contributed by atoms with Gasteiger partial charge >= 0.3 is 0 Å². The second-order valence-electron chi connectivity index (χ2n) is 4.92. The maximum Gasteiger partial charge on any atom is 0.244 e. The summed E-state index contributed by atoms with van der Waals surface area (Å²) in [6, 6.07) is 1.74. The van der Waals surface area contributed by atoms with Crippen LogP contribution in [0.25, 0.3) is 0 Å². The highest BCUT2D eigenvalue weighted by Crippen LogP contribution is 2.30. The van der Waals surface area contributed by atoms with Crippen LogP contribution >= 0.6 is 11.3 Å². The molecule has 1 aromatic heterocycles.